The van der Waals surface area contributed by atoms with Gasteiger partial charge >= 0.3 is 0 Å². The number of hydrogen-bond donors (Lipinski definition) is 1. The van der Waals surface area contributed by atoms with E-state index in [2.05, 4.69) is 10.2 Å². The van der Waals surface area contributed by atoms with E-state index in [0.717, 1.165) is 18.5 Å². The Bertz CT molecular complexity index is 312. The number of nitrogens with zero attached hydrogens (tertiary/aromatic N) is 2. The first-order chi connectivity index (χ1) is 7.25. The van der Waals surface area contributed by atoms with Gasteiger partial charge in [-0.1, -0.05) is 6.42 Å². The zero-order valence-electron chi connectivity index (χ0n) is 9.02. The fourth-order valence-corrected chi connectivity index (χ4v) is 1.88. The normalized spacial score (nSPS) is 26.3. The van der Waals surface area contributed by atoms with Crippen molar-refractivity contribution in [3.05, 3.63) is 17.8 Å². The summed E-state index contributed by atoms with van der Waals surface area (Å²) in [6, 6.07) is 3.89. The smallest absolute Gasteiger partial charge is 0.233 e. The maximum Gasteiger partial charge on any atom is 0.233 e. The van der Waals surface area contributed by atoms with E-state index in [0.29, 0.717) is 5.88 Å². The predicted molar refractivity (Wildman–Crippen MR) is 57.6 cm³/mol. The Balaban J connectivity index is 1.98. The predicted octanol–water partition coefficient (Wildman–Crippen LogP) is 1.43. The highest BCUT2D eigenvalue weighted by Crippen LogP contribution is 2.21. The molecule has 0 aliphatic heterocycles. The highest BCUT2D eigenvalue weighted by molar-refractivity contribution is 5.11. The molecule has 0 bridgehead atoms. The number of hydrogen-bond acceptors (Lipinski definition) is 4. The minimum atomic E-state index is 0.107. The van der Waals surface area contributed by atoms with E-state index in [9.17, 15) is 0 Å². The molecule has 4 heteroatoms. The van der Waals surface area contributed by atoms with E-state index in [1.165, 1.54) is 12.8 Å². The molecule has 1 aromatic rings. The molecule has 1 heterocycles. The van der Waals surface area contributed by atoms with Crippen molar-refractivity contribution in [1.82, 2.24) is 10.2 Å². The van der Waals surface area contributed by atoms with Gasteiger partial charge in [-0.3, -0.25) is 0 Å². The van der Waals surface area contributed by atoms with E-state index < -0.39 is 0 Å². The molecule has 1 aliphatic rings. The molecule has 82 valence electrons. The van der Waals surface area contributed by atoms with Gasteiger partial charge in [0.2, 0.25) is 5.88 Å². The summed E-state index contributed by atoms with van der Waals surface area (Å²) < 4.78 is 5.72. The maximum atomic E-state index is 5.98. The van der Waals surface area contributed by atoms with E-state index in [-0.39, 0.29) is 12.1 Å². The number of nitrogens with two attached hydrogens (primary N) is 1. The average Bonchev–Trinajstić information content (AvgIpc) is 2.25. The Kier molecular flexibility index (Phi) is 3.16. The van der Waals surface area contributed by atoms with Crippen molar-refractivity contribution in [2.45, 2.75) is 44.8 Å². The first kappa shape index (κ1) is 10.4. The molecule has 0 spiro atoms. The molecular weight excluding hydrogens is 190 g/mol. The first-order valence-electron chi connectivity index (χ1n) is 5.48. The van der Waals surface area contributed by atoms with Crippen LogP contribution in [0.5, 0.6) is 5.88 Å². The summed E-state index contributed by atoms with van der Waals surface area (Å²) >= 11 is 0. The lowest BCUT2D eigenvalue weighted by molar-refractivity contribution is 0.125. The SMILES string of the molecule is Cc1ccc(OC2CCCCC2N)nn1. The van der Waals surface area contributed by atoms with Gasteiger partial charge in [-0.15, -0.1) is 5.10 Å². The van der Waals surface area contributed by atoms with Crippen molar-refractivity contribution in [3.63, 3.8) is 0 Å². The second-order valence-electron chi connectivity index (χ2n) is 4.12. The largest absolute Gasteiger partial charge is 0.472 e. The zero-order valence-corrected chi connectivity index (χ0v) is 9.02. The number of ether oxygens (including phenoxy) is 1. The van der Waals surface area contributed by atoms with Gasteiger partial charge in [0.15, 0.2) is 0 Å². The second-order valence-corrected chi connectivity index (χ2v) is 4.12. The van der Waals surface area contributed by atoms with Gasteiger partial charge in [-0.05, 0) is 32.3 Å². The Morgan fingerprint density at radius 3 is 2.73 bits per heavy atom. The molecule has 2 unspecified atom stereocenters. The molecule has 1 fully saturated rings. The van der Waals surface area contributed by atoms with Crippen LogP contribution >= 0.6 is 0 Å². The van der Waals surface area contributed by atoms with Crippen LogP contribution in [0.4, 0.5) is 0 Å². The van der Waals surface area contributed by atoms with Crippen LogP contribution in [0, 0.1) is 6.92 Å². The lowest BCUT2D eigenvalue weighted by Crippen LogP contribution is -2.41. The summed E-state index contributed by atoms with van der Waals surface area (Å²) in [6.07, 6.45) is 4.58. The quantitative estimate of drug-likeness (QED) is 0.797. The van der Waals surface area contributed by atoms with Crippen molar-refractivity contribution in [3.8, 4) is 5.88 Å². The molecule has 0 saturated heterocycles. The fourth-order valence-electron chi connectivity index (χ4n) is 1.88. The highest BCUT2D eigenvalue weighted by atomic mass is 16.5. The summed E-state index contributed by atoms with van der Waals surface area (Å²) in [5.74, 6) is 0.586. The van der Waals surface area contributed by atoms with E-state index in [4.69, 9.17) is 10.5 Å². The third-order valence-electron chi connectivity index (χ3n) is 2.80. The average molecular weight is 207 g/mol. The van der Waals surface area contributed by atoms with Gasteiger partial charge < -0.3 is 10.5 Å². The van der Waals surface area contributed by atoms with Crippen LogP contribution in [0.2, 0.25) is 0 Å². The van der Waals surface area contributed by atoms with Crippen molar-refractivity contribution in [2.75, 3.05) is 0 Å². The van der Waals surface area contributed by atoms with E-state index >= 15 is 0 Å². The zero-order chi connectivity index (χ0) is 10.7. The molecular formula is C11H17N3O. The summed E-state index contributed by atoms with van der Waals surface area (Å²) in [5, 5.41) is 7.93. The van der Waals surface area contributed by atoms with Crippen molar-refractivity contribution in [1.29, 1.82) is 0 Å². The topological polar surface area (TPSA) is 61.0 Å². The molecule has 1 aliphatic carbocycles. The monoisotopic (exact) mass is 207 g/mol. The number of rotatable bonds is 2. The first-order valence-corrected chi connectivity index (χ1v) is 5.48. The minimum absolute atomic E-state index is 0.107. The molecule has 2 atom stereocenters. The molecule has 1 saturated carbocycles. The summed E-state index contributed by atoms with van der Waals surface area (Å²) in [7, 11) is 0. The standard InChI is InChI=1S/C11H17N3O/c1-8-6-7-11(14-13-8)15-10-5-3-2-4-9(10)12/h6-7,9-10H,2-5,12H2,1H3. The molecule has 0 aromatic carbocycles. The van der Waals surface area contributed by atoms with Crippen LogP contribution in [0.1, 0.15) is 31.4 Å². The fraction of sp³-hybridized carbons (Fsp3) is 0.636. The molecule has 15 heavy (non-hydrogen) atoms. The lowest BCUT2D eigenvalue weighted by atomic mass is 9.93. The lowest BCUT2D eigenvalue weighted by Gasteiger charge is -2.28. The van der Waals surface area contributed by atoms with E-state index in [1.54, 1.807) is 0 Å². The van der Waals surface area contributed by atoms with Crippen molar-refractivity contribution < 1.29 is 4.74 Å². The number of aryl methyl sites for hydroxylation is 1. The van der Waals surface area contributed by atoms with Gasteiger partial charge in [0.05, 0.1) is 5.69 Å². The van der Waals surface area contributed by atoms with E-state index in [1.807, 2.05) is 19.1 Å². The molecule has 0 amide bonds. The summed E-state index contributed by atoms with van der Waals surface area (Å²) in [4.78, 5) is 0. The Morgan fingerprint density at radius 2 is 2.07 bits per heavy atom. The Hall–Kier alpha value is -1.16. The van der Waals surface area contributed by atoms with Gasteiger partial charge in [-0.25, -0.2) is 0 Å². The van der Waals surface area contributed by atoms with Crippen LogP contribution < -0.4 is 10.5 Å². The minimum Gasteiger partial charge on any atom is -0.472 e. The van der Waals surface area contributed by atoms with Crippen LogP contribution in [-0.4, -0.2) is 22.3 Å². The Morgan fingerprint density at radius 1 is 1.27 bits per heavy atom. The van der Waals surface area contributed by atoms with Crippen LogP contribution in [0.3, 0.4) is 0 Å². The third kappa shape index (κ3) is 2.65. The van der Waals surface area contributed by atoms with Crippen LogP contribution in [-0.2, 0) is 0 Å². The van der Waals surface area contributed by atoms with Gasteiger partial charge in [-0.2, -0.15) is 5.10 Å². The second kappa shape index (κ2) is 4.57. The molecule has 2 rings (SSSR count). The van der Waals surface area contributed by atoms with Crippen LogP contribution in [0.25, 0.3) is 0 Å². The number of aromatic nitrogens is 2. The van der Waals surface area contributed by atoms with Crippen LogP contribution in [0.15, 0.2) is 12.1 Å². The summed E-state index contributed by atoms with van der Waals surface area (Å²) in [5.41, 5.74) is 6.88. The molecule has 0 radical (unpaired) electrons. The molecule has 2 N–H and O–H groups in total. The molecule has 1 aromatic heterocycles. The van der Waals surface area contributed by atoms with Gasteiger partial charge in [0, 0.05) is 12.1 Å². The molecule has 4 nitrogen and oxygen atoms in total. The maximum absolute atomic E-state index is 5.98. The Labute approximate surface area is 89.8 Å². The van der Waals surface area contributed by atoms with Gasteiger partial charge in [0.1, 0.15) is 6.10 Å². The van der Waals surface area contributed by atoms with Crippen molar-refractivity contribution in [2.24, 2.45) is 5.73 Å². The highest BCUT2D eigenvalue weighted by Gasteiger charge is 2.23. The summed E-state index contributed by atoms with van der Waals surface area (Å²) in [6.45, 7) is 1.91. The van der Waals surface area contributed by atoms with Crippen molar-refractivity contribution >= 4 is 0 Å². The van der Waals surface area contributed by atoms with Gasteiger partial charge in [0.25, 0.3) is 0 Å². The third-order valence-corrected chi connectivity index (χ3v) is 2.80.